The highest BCUT2D eigenvalue weighted by Gasteiger charge is 2.33. The molecule has 0 spiro atoms. The number of methoxy groups -OCH3 is 1. The van der Waals surface area contributed by atoms with Gasteiger partial charge in [0.25, 0.3) is 5.91 Å². The van der Waals surface area contributed by atoms with Crippen molar-refractivity contribution < 1.29 is 52.2 Å². The third-order valence-corrected chi connectivity index (χ3v) is 9.45. The van der Waals surface area contributed by atoms with Gasteiger partial charge in [-0.3, -0.25) is 33.6 Å². The van der Waals surface area contributed by atoms with Crippen LogP contribution < -0.4 is 38.1 Å². The Bertz CT molecular complexity index is 2060. The van der Waals surface area contributed by atoms with Gasteiger partial charge in [-0.25, -0.2) is 9.18 Å². The number of unbranched alkanes of at least 4 members (excludes halogenated alkanes) is 1. The fourth-order valence-electron chi connectivity index (χ4n) is 5.83. The van der Waals surface area contributed by atoms with E-state index in [1.165, 1.54) is 32.2 Å². The average Bonchev–Trinajstić information content (AvgIpc) is 3.25. The number of primary amides is 2. The van der Waals surface area contributed by atoms with Gasteiger partial charge in [0, 0.05) is 41.6 Å². The monoisotopic (exact) mass is 879 g/mol. The van der Waals surface area contributed by atoms with Gasteiger partial charge in [0.2, 0.25) is 35.4 Å². The van der Waals surface area contributed by atoms with Gasteiger partial charge in [-0.2, -0.15) is 0 Å². The number of rotatable bonds is 25. The summed E-state index contributed by atoms with van der Waals surface area (Å²) in [5.41, 5.74) is 12.0. The molecule has 62 heavy (non-hydrogen) atoms. The van der Waals surface area contributed by atoms with Gasteiger partial charge in [-0.05, 0) is 68.5 Å². The summed E-state index contributed by atoms with van der Waals surface area (Å²) in [5.74, 6) is -6.17. The minimum Gasteiger partial charge on any atom is -0.467 e. The van der Waals surface area contributed by atoms with Crippen LogP contribution in [0.2, 0.25) is 5.02 Å². The smallest absolute Gasteiger partial charge is 0.337 e. The highest BCUT2D eigenvalue weighted by molar-refractivity contribution is 6.30. The Morgan fingerprint density at radius 2 is 1.42 bits per heavy atom. The molecule has 3 aromatic carbocycles. The molecule has 0 aromatic heterocycles. The molecule has 0 aliphatic carbocycles. The van der Waals surface area contributed by atoms with Gasteiger partial charge < -0.3 is 47.5 Å². The molecule has 332 valence electrons. The topological polar surface area (TPSA) is 267 Å². The fraction of sp³-hybridized carbons (Fsp3) is 0.349. The Balaban J connectivity index is 1.41. The van der Waals surface area contributed by atoms with Crippen molar-refractivity contribution in [3.63, 3.8) is 0 Å². The molecule has 0 aliphatic heterocycles. The Morgan fingerprint density at radius 3 is 2.05 bits per heavy atom. The second kappa shape index (κ2) is 25.8. The quantitative estimate of drug-likeness (QED) is 0.0370. The molecule has 17 nitrogen and oxygen atoms in total. The van der Waals surface area contributed by atoms with Crippen molar-refractivity contribution in [1.29, 1.82) is 0 Å². The Hall–Kier alpha value is -6.66. The number of hydrogen-bond acceptors (Lipinski definition) is 10. The van der Waals surface area contributed by atoms with Crippen molar-refractivity contribution >= 4 is 65.0 Å². The first kappa shape index (κ1) is 49.7. The van der Waals surface area contributed by atoms with Gasteiger partial charge >= 0.3 is 5.97 Å². The van der Waals surface area contributed by atoms with E-state index in [0.29, 0.717) is 24.0 Å². The SMILES string of the molecule is COC(=O)[C@H](OCCC(=O)NCCCC[C@H](NC(=O)CC[C@@H](NC(=O)[C@H](C)NC(=O)/C=C/c1ccc(Cl)cc1F)C(N)=O)C(N)=O)[C@@H](NC(=O)c1ccccc1)c1ccccc1. The molecule has 0 unspecified atom stereocenters. The molecule has 0 aliphatic rings. The normalized spacial score (nSPS) is 13.4. The molecule has 0 heterocycles. The van der Waals surface area contributed by atoms with Crippen LogP contribution in [0.25, 0.3) is 6.08 Å². The highest BCUT2D eigenvalue weighted by Crippen LogP contribution is 2.22. The van der Waals surface area contributed by atoms with Crippen LogP contribution in [0.4, 0.5) is 4.39 Å². The van der Waals surface area contributed by atoms with E-state index in [4.69, 9.17) is 32.5 Å². The maximum absolute atomic E-state index is 14.0. The number of carbonyl (C=O) groups is 8. The summed E-state index contributed by atoms with van der Waals surface area (Å²) < 4.78 is 24.8. The number of hydrogen-bond donors (Lipinski definition) is 7. The molecular weight excluding hydrogens is 829 g/mol. The summed E-state index contributed by atoms with van der Waals surface area (Å²) in [6.07, 6.45) is 1.12. The number of halogens is 2. The molecule has 0 saturated carbocycles. The lowest BCUT2D eigenvalue weighted by Gasteiger charge is -2.27. The van der Waals surface area contributed by atoms with Crippen LogP contribution >= 0.6 is 11.6 Å². The molecular formula is C43H51ClFN7O10. The highest BCUT2D eigenvalue weighted by atomic mass is 35.5. The average molecular weight is 880 g/mol. The lowest BCUT2D eigenvalue weighted by molar-refractivity contribution is -0.157. The maximum Gasteiger partial charge on any atom is 0.337 e. The predicted molar refractivity (Wildman–Crippen MR) is 226 cm³/mol. The van der Waals surface area contributed by atoms with E-state index >= 15 is 0 Å². The van der Waals surface area contributed by atoms with Gasteiger partial charge in [-0.1, -0.05) is 66.2 Å². The van der Waals surface area contributed by atoms with Crippen molar-refractivity contribution in [1.82, 2.24) is 26.6 Å². The number of nitrogens with two attached hydrogens (primary N) is 2. The number of benzene rings is 3. The van der Waals surface area contributed by atoms with Crippen molar-refractivity contribution in [3.8, 4) is 0 Å². The van der Waals surface area contributed by atoms with Crippen LogP contribution in [0.1, 0.15) is 73.0 Å². The zero-order valence-electron chi connectivity index (χ0n) is 34.2. The third-order valence-electron chi connectivity index (χ3n) is 9.21. The lowest BCUT2D eigenvalue weighted by atomic mass is 10.0. The number of ether oxygens (including phenoxy) is 2. The summed E-state index contributed by atoms with van der Waals surface area (Å²) in [6.45, 7) is 1.36. The van der Waals surface area contributed by atoms with E-state index in [0.717, 1.165) is 12.1 Å². The van der Waals surface area contributed by atoms with Crippen molar-refractivity contribution in [3.05, 3.63) is 112 Å². The summed E-state index contributed by atoms with van der Waals surface area (Å²) in [4.78, 5) is 100. The van der Waals surface area contributed by atoms with Gasteiger partial charge in [0.1, 0.15) is 23.9 Å². The largest absolute Gasteiger partial charge is 0.467 e. The van der Waals surface area contributed by atoms with E-state index in [1.807, 2.05) is 0 Å². The molecule has 19 heteroatoms. The summed E-state index contributed by atoms with van der Waals surface area (Å²) in [5, 5.41) is 13.0. The minimum absolute atomic E-state index is 0.0892. The molecule has 0 fully saturated rings. The lowest BCUT2D eigenvalue weighted by Crippen LogP contribution is -2.52. The first-order valence-electron chi connectivity index (χ1n) is 19.6. The molecule has 9 N–H and O–H groups in total. The van der Waals surface area contributed by atoms with Crippen molar-refractivity contribution in [2.24, 2.45) is 11.5 Å². The molecule has 0 radical (unpaired) electrons. The van der Waals surface area contributed by atoms with E-state index in [2.05, 4.69) is 26.6 Å². The predicted octanol–water partition coefficient (Wildman–Crippen LogP) is 2.12. The first-order valence-corrected chi connectivity index (χ1v) is 20.0. The zero-order chi connectivity index (χ0) is 45.6. The molecule has 3 rings (SSSR count). The maximum atomic E-state index is 14.0. The summed E-state index contributed by atoms with van der Waals surface area (Å²) in [6, 6.07) is 16.6. The van der Waals surface area contributed by atoms with E-state index in [-0.39, 0.29) is 49.4 Å². The van der Waals surface area contributed by atoms with Crippen LogP contribution in [0.15, 0.2) is 84.9 Å². The first-order chi connectivity index (χ1) is 29.6. The number of amides is 7. The minimum atomic E-state index is -1.30. The molecule has 0 saturated heterocycles. The van der Waals surface area contributed by atoms with Crippen LogP contribution in [0.3, 0.4) is 0 Å². The number of esters is 1. The van der Waals surface area contributed by atoms with Crippen LogP contribution in [-0.4, -0.2) is 91.8 Å². The van der Waals surface area contributed by atoms with E-state index in [9.17, 15) is 42.7 Å². The standard InChI is InChI=1S/C43H51ClFN7O10/c1-26(49-35(54)20-17-27-16-18-30(44)25-31(27)45)41(58)51-33(40(47)57)19-21-36(55)50-32(39(46)56)15-9-10-23-48-34(53)22-24-62-38(43(60)61-2)37(28-11-5-3-6-12-28)52-42(59)29-13-7-4-8-14-29/h3-8,11-14,16-18,20,25-26,32-33,37-38H,9-10,15,19,21-24H2,1-2H3,(H2,46,56)(H2,47,57)(H,48,53)(H,49,54)(H,50,55)(H,51,58)(H,52,59)/b20-17+/t26-,32-,33+,37-,38+/m0/s1. The second-order valence-corrected chi connectivity index (χ2v) is 14.3. The zero-order valence-corrected chi connectivity index (χ0v) is 35.0. The second-order valence-electron chi connectivity index (χ2n) is 13.9. The Labute approximate surface area is 362 Å². The number of nitrogens with one attached hydrogen (secondary N) is 5. The van der Waals surface area contributed by atoms with Crippen LogP contribution in [-0.2, 0) is 43.0 Å². The van der Waals surface area contributed by atoms with Gasteiger partial charge in [0.15, 0.2) is 6.10 Å². The van der Waals surface area contributed by atoms with E-state index in [1.54, 1.807) is 60.7 Å². The molecule has 5 atom stereocenters. The van der Waals surface area contributed by atoms with Crippen molar-refractivity contribution in [2.75, 3.05) is 20.3 Å². The molecule has 0 bridgehead atoms. The van der Waals surface area contributed by atoms with Crippen LogP contribution in [0, 0.1) is 5.82 Å². The fourth-order valence-corrected chi connectivity index (χ4v) is 5.99. The third kappa shape index (κ3) is 17.1. The Kier molecular flexibility index (Phi) is 20.7. The summed E-state index contributed by atoms with van der Waals surface area (Å²) >= 11 is 5.73. The molecule has 7 amide bonds. The summed E-state index contributed by atoms with van der Waals surface area (Å²) in [7, 11) is 1.19. The number of carbonyl (C=O) groups excluding carboxylic acids is 8. The molecule has 3 aromatic rings. The van der Waals surface area contributed by atoms with E-state index < -0.39 is 83.4 Å². The van der Waals surface area contributed by atoms with Gasteiger partial charge in [-0.15, -0.1) is 0 Å². The van der Waals surface area contributed by atoms with Gasteiger partial charge in [0.05, 0.1) is 19.8 Å². The van der Waals surface area contributed by atoms with Crippen LogP contribution in [0.5, 0.6) is 0 Å². The van der Waals surface area contributed by atoms with Crippen molar-refractivity contribution in [2.45, 2.75) is 75.7 Å². The Morgan fingerprint density at radius 1 is 0.774 bits per heavy atom.